The van der Waals surface area contributed by atoms with Gasteiger partial charge in [0.05, 0.1) is 4.90 Å². The van der Waals surface area contributed by atoms with Gasteiger partial charge in [0.25, 0.3) is 0 Å². The summed E-state index contributed by atoms with van der Waals surface area (Å²) < 4.78 is 79.4. The predicted octanol–water partition coefficient (Wildman–Crippen LogP) is 1.25. The van der Waals surface area contributed by atoms with E-state index in [1.165, 1.54) is 17.9 Å². The molecule has 1 atom stereocenters. The molecule has 1 unspecified atom stereocenters. The minimum atomic E-state index is -4.57. The van der Waals surface area contributed by atoms with Crippen molar-refractivity contribution in [1.29, 1.82) is 0 Å². The van der Waals surface area contributed by atoms with Crippen LogP contribution in [0.4, 0.5) is 17.6 Å². The van der Waals surface area contributed by atoms with Gasteiger partial charge in [-0.25, -0.2) is 17.5 Å². The number of benzene rings is 1. The van der Waals surface area contributed by atoms with Crippen LogP contribution in [0.5, 0.6) is 0 Å². The van der Waals surface area contributed by atoms with Gasteiger partial charge >= 0.3 is 6.18 Å². The van der Waals surface area contributed by atoms with Crippen LogP contribution in [-0.4, -0.2) is 58.3 Å². The molecule has 136 valence electrons. The highest BCUT2D eigenvalue weighted by Crippen LogP contribution is 2.25. The van der Waals surface area contributed by atoms with Crippen molar-refractivity contribution in [2.75, 3.05) is 32.7 Å². The second-order valence-electron chi connectivity index (χ2n) is 5.61. The Morgan fingerprint density at radius 2 is 1.92 bits per heavy atom. The van der Waals surface area contributed by atoms with Crippen LogP contribution in [0.1, 0.15) is 5.56 Å². The van der Waals surface area contributed by atoms with Crippen molar-refractivity contribution in [3.63, 3.8) is 0 Å². The van der Waals surface area contributed by atoms with Crippen LogP contribution >= 0.6 is 0 Å². The molecule has 5 nitrogen and oxygen atoms in total. The van der Waals surface area contributed by atoms with Gasteiger partial charge in [0.1, 0.15) is 11.9 Å². The van der Waals surface area contributed by atoms with Crippen molar-refractivity contribution in [1.82, 2.24) is 14.9 Å². The molecular weight excluding hydrogens is 350 g/mol. The maximum absolute atomic E-state index is 13.5. The Bertz CT molecular complexity index is 673. The number of halogens is 4. The molecule has 1 aliphatic heterocycles. The highest BCUT2D eigenvalue weighted by atomic mass is 32.2. The van der Waals surface area contributed by atoms with Crippen molar-refractivity contribution in [2.45, 2.75) is 24.0 Å². The van der Waals surface area contributed by atoms with E-state index in [2.05, 4.69) is 5.32 Å². The first-order chi connectivity index (χ1) is 11.1. The molecule has 0 aromatic heterocycles. The van der Waals surface area contributed by atoms with Crippen molar-refractivity contribution >= 4 is 10.0 Å². The fourth-order valence-corrected chi connectivity index (χ4v) is 3.51. The number of rotatable bonds is 5. The van der Waals surface area contributed by atoms with Crippen LogP contribution in [0, 0.1) is 12.7 Å². The smallest absolute Gasteiger partial charge is 0.314 e. The zero-order chi connectivity index (χ0) is 18.0. The summed E-state index contributed by atoms with van der Waals surface area (Å²) in [6.07, 6.45) is -4.57. The molecule has 1 saturated heterocycles. The molecule has 0 radical (unpaired) electrons. The van der Waals surface area contributed by atoms with Gasteiger partial charge in [0.15, 0.2) is 0 Å². The highest BCUT2D eigenvalue weighted by molar-refractivity contribution is 7.89. The van der Waals surface area contributed by atoms with Crippen molar-refractivity contribution in [2.24, 2.45) is 0 Å². The van der Waals surface area contributed by atoms with Gasteiger partial charge < -0.3 is 5.32 Å². The van der Waals surface area contributed by atoms with Crippen molar-refractivity contribution in [3.05, 3.63) is 29.6 Å². The van der Waals surface area contributed by atoms with Gasteiger partial charge in [0, 0.05) is 32.7 Å². The summed E-state index contributed by atoms with van der Waals surface area (Å²) in [5, 5.41) is 2.94. The molecular formula is C14H19F4N3O2S. The Kier molecular flexibility index (Phi) is 5.84. The monoisotopic (exact) mass is 369 g/mol. The van der Waals surface area contributed by atoms with Gasteiger partial charge in [-0.15, -0.1) is 0 Å². The minimum Gasteiger partial charge on any atom is -0.314 e. The number of hydrogen-bond acceptors (Lipinski definition) is 4. The quantitative estimate of drug-likeness (QED) is 0.767. The normalized spacial score (nSPS) is 18.5. The number of nitrogens with zero attached hydrogens (tertiary/aromatic N) is 1. The maximum atomic E-state index is 13.5. The zero-order valence-electron chi connectivity index (χ0n) is 13.0. The minimum absolute atomic E-state index is 0.172. The van der Waals surface area contributed by atoms with E-state index >= 15 is 0 Å². The lowest BCUT2D eigenvalue weighted by Gasteiger charge is -2.35. The Balaban J connectivity index is 2.13. The third-order valence-corrected chi connectivity index (χ3v) is 5.31. The summed E-state index contributed by atoms with van der Waals surface area (Å²) in [4.78, 5) is 0.793. The molecule has 24 heavy (non-hydrogen) atoms. The van der Waals surface area contributed by atoms with E-state index in [4.69, 9.17) is 0 Å². The molecule has 1 heterocycles. The van der Waals surface area contributed by atoms with Crippen LogP contribution < -0.4 is 10.0 Å². The van der Waals surface area contributed by atoms with Crippen LogP contribution in [0.2, 0.25) is 0 Å². The van der Waals surface area contributed by atoms with Gasteiger partial charge in [0.2, 0.25) is 10.0 Å². The third-order valence-electron chi connectivity index (χ3n) is 3.89. The number of sulfonamides is 1. The number of piperazine rings is 1. The summed E-state index contributed by atoms with van der Waals surface area (Å²) in [7, 11) is -4.23. The fourth-order valence-electron chi connectivity index (χ4n) is 2.46. The van der Waals surface area contributed by atoms with E-state index < -0.39 is 39.5 Å². The Morgan fingerprint density at radius 3 is 2.46 bits per heavy atom. The van der Waals surface area contributed by atoms with E-state index in [0.29, 0.717) is 13.1 Å². The Labute approximate surface area is 138 Å². The van der Waals surface area contributed by atoms with Crippen LogP contribution in [-0.2, 0) is 10.0 Å². The van der Waals surface area contributed by atoms with E-state index in [1.807, 2.05) is 4.72 Å². The molecule has 0 amide bonds. The first-order valence-corrected chi connectivity index (χ1v) is 8.87. The van der Waals surface area contributed by atoms with E-state index in [0.717, 1.165) is 12.1 Å². The topological polar surface area (TPSA) is 61.4 Å². The molecule has 1 aromatic rings. The van der Waals surface area contributed by atoms with Crippen LogP contribution in [0.15, 0.2) is 23.1 Å². The molecule has 0 aliphatic carbocycles. The first kappa shape index (κ1) is 19.1. The number of hydrogen-bond donors (Lipinski definition) is 2. The molecule has 1 aromatic carbocycles. The first-order valence-electron chi connectivity index (χ1n) is 7.38. The average Bonchev–Trinajstić information content (AvgIpc) is 2.49. The zero-order valence-corrected chi connectivity index (χ0v) is 13.8. The van der Waals surface area contributed by atoms with E-state index in [-0.39, 0.29) is 18.7 Å². The van der Waals surface area contributed by atoms with E-state index in [1.54, 1.807) is 0 Å². The second-order valence-corrected chi connectivity index (χ2v) is 7.37. The molecule has 0 bridgehead atoms. The molecule has 1 fully saturated rings. The van der Waals surface area contributed by atoms with Gasteiger partial charge in [-0.2, -0.15) is 13.2 Å². The summed E-state index contributed by atoms with van der Waals surface area (Å²) in [5.74, 6) is -0.729. The second kappa shape index (κ2) is 7.34. The molecule has 2 N–H and O–H groups in total. The molecule has 1 aliphatic rings. The van der Waals surface area contributed by atoms with Gasteiger partial charge in [-0.05, 0) is 24.6 Å². The standard InChI is InChI=1S/C14H19F4N3O2S/c1-10-2-3-11(8-12(10)15)24(22,23)20-9-13(14(16,17)18)21-6-4-19-5-7-21/h2-3,8,13,19-20H,4-7,9H2,1H3. The molecule has 0 saturated carbocycles. The summed E-state index contributed by atoms with van der Waals surface area (Å²) in [6, 6.07) is 1.30. The maximum Gasteiger partial charge on any atom is 0.405 e. The number of alkyl halides is 3. The highest BCUT2D eigenvalue weighted by Gasteiger charge is 2.44. The summed E-state index contributed by atoms with van der Waals surface area (Å²) in [5.41, 5.74) is 0.253. The summed E-state index contributed by atoms with van der Waals surface area (Å²) in [6.45, 7) is 1.80. The van der Waals surface area contributed by atoms with Gasteiger partial charge in [-0.3, -0.25) is 4.90 Å². The van der Waals surface area contributed by atoms with Crippen molar-refractivity contribution in [3.8, 4) is 0 Å². The van der Waals surface area contributed by atoms with Gasteiger partial charge in [-0.1, -0.05) is 6.07 Å². The molecule has 0 spiro atoms. The summed E-state index contributed by atoms with van der Waals surface area (Å²) >= 11 is 0. The SMILES string of the molecule is Cc1ccc(S(=O)(=O)NCC(N2CCNCC2)C(F)(F)F)cc1F. The van der Waals surface area contributed by atoms with Crippen LogP contribution in [0.3, 0.4) is 0 Å². The van der Waals surface area contributed by atoms with E-state index in [9.17, 15) is 26.0 Å². The Hall–Kier alpha value is -1.23. The average molecular weight is 369 g/mol. The number of aryl methyl sites for hydroxylation is 1. The number of nitrogens with one attached hydrogen (secondary N) is 2. The third kappa shape index (κ3) is 4.65. The molecule has 10 heteroatoms. The fraction of sp³-hybridized carbons (Fsp3) is 0.571. The van der Waals surface area contributed by atoms with Crippen molar-refractivity contribution < 1.29 is 26.0 Å². The lowest BCUT2D eigenvalue weighted by molar-refractivity contribution is -0.182. The molecule has 2 rings (SSSR count). The predicted molar refractivity (Wildman–Crippen MR) is 80.6 cm³/mol. The van der Waals surface area contributed by atoms with Crippen LogP contribution in [0.25, 0.3) is 0 Å². The lowest BCUT2D eigenvalue weighted by atomic mass is 10.2. The lowest BCUT2D eigenvalue weighted by Crippen LogP contribution is -2.57. The Morgan fingerprint density at radius 1 is 1.29 bits per heavy atom. The largest absolute Gasteiger partial charge is 0.405 e.